The molecule has 11 aromatic rings. The van der Waals surface area contributed by atoms with Crippen LogP contribution < -0.4 is 4.90 Å². The Morgan fingerprint density at radius 3 is 1.64 bits per heavy atom. The minimum Gasteiger partial charge on any atom is -0.456 e. The Balaban J connectivity index is 1.01. The van der Waals surface area contributed by atoms with Gasteiger partial charge in [0.2, 0.25) is 0 Å². The molecule has 0 aliphatic carbocycles. The predicted octanol–water partition coefficient (Wildman–Crippen LogP) is 15.1. The SMILES string of the molecule is c1ccc(-c2cccc(N(c3ccc(-c4ccc5c(c4)oc4cc(-c6ccccc6)c6ccccc6c45)cc3)c3ccc4c(c3)oc3ccccc34)c2)cc1. The smallest absolute Gasteiger partial charge is 0.137 e. The number of hydrogen-bond donors (Lipinski definition) is 0. The van der Waals surface area contributed by atoms with Gasteiger partial charge in [-0.1, -0.05) is 133 Å². The standard InChI is InChI=1S/C52H33NO2/c1-3-12-34(13-4-1)37-16-11-17-40(30-37)53(41-27-29-44-43-19-9-10-21-48(43)54-50(44)32-41)39-25-22-35(23-26-39)38-24-28-46-49(31-38)55-51-33-47(36-14-5-2-6-15-36)42-18-7-8-20-45(42)52(46)51/h1-33H. The van der Waals surface area contributed by atoms with Crippen molar-refractivity contribution in [2.24, 2.45) is 0 Å². The van der Waals surface area contributed by atoms with Crippen molar-refractivity contribution < 1.29 is 8.83 Å². The van der Waals surface area contributed by atoms with E-state index in [0.717, 1.165) is 77.6 Å². The molecule has 0 saturated heterocycles. The fourth-order valence-electron chi connectivity index (χ4n) is 8.23. The Hall–Kier alpha value is -7.36. The van der Waals surface area contributed by atoms with E-state index in [1.165, 1.54) is 27.5 Å². The average molecular weight is 704 g/mol. The summed E-state index contributed by atoms with van der Waals surface area (Å²) in [6.45, 7) is 0. The van der Waals surface area contributed by atoms with Gasteiger partial charge in [0.05, 0.1) is 0 Å². The molecule has 2 aromatic heterocycles. The summed E-state index contributed by atoms with van der Waals surface area (Å²) in [6, 6.07) is 70.8. The third kappa shape index (κ3) is 5.28. The largest absolute Gasteiger partial charge is 0.456 e. The van der Waals surface area contributed by atoms with Gasteiger partial charge in [-0.05, 0) is 105 Å². The van der Waals surface area contributed by atoms with Gasteiger partial charge in [0.15, 0.2) is 0 Å². The van der Waals surface area contributed by atoms with E-state index in [-0.39, 0.29) is 0 Å². The molecule has 0 N–H and O–H groups in total. The van der Waals surface area contributed by atoms with E-state index in [9.17, 15) is 0 Å². The number of benzene rings is 9. The van der Waals surface area contributed by atoms with Gasteiger partial charge in [-0.15, -0.1) is 0 Å². The van der Waals surface area contributed by atoms with E-state index in [4.69, 9.17) is 8.83 Å². The summed E-state index contributed by atoms with van der Waals surface area (Å²) in [5.41, 5.74) is 13.6. The molecule has 3 nitrogen and oxygen atoms in total. The molecule has 3 heteroatoms. The van der Waals surface area contributed by atoms with E-state index in [1.807, 2.05) is 12.1 Å². The molecule has 0 unspecified atom stereocenters. The van der Waals surface area contributed by atoms with Crippen LogP contribution >= 0.6 is 0 Å². The first-order valence-corrected chi connectivity index (χ1v) is 18.7. The third-order valence-corrected chi connectivity index (χ3v) is 10.9. The molecule has 0 aliphatic rings. The average Bonchev–Trinajstić information content (AvgIpc) is 3.82. The Morgan fingerprint density at radius 2 is 0.818 bits per heavy atom. The van der Waals surface area contributed by atoms with Gasteiger partial charge in [0, 0.05) is 44.7 Å². The number of furan rings is 2. The summed E-state index contributed by atoms with van der Waals surface area (Å²) >= 11 is 0. The van der Waals surface area contributed by atoms with Crippen LogP contribution in [-0.4, -0.2) is 0 Å². The normalized spacial score (nSPS) is 11.6. The highest BCUT2D eigenvalue weighted by molar-refractivity contribution is 6.22. The number of fused-ring (bicyclic) bond motifs is 8. The number of hydrogen-bond acceptors (Lipinski definition) is 3. The van der Waals surface area contributed by atoms with Gasteiger partial charge in [-0.25, -0.2) is 0 Å². The van der Waals surface area contributed by atoms with Crippen LogP contribution in [0.1, 0.15) is 0 Å². The van der Waals surface area contributed by atoms with Gasteiger partial charge in [-0.2, -0.15) is 0 Å². The van der Waals surface area contributed by atoms with E-state index in [2.05, 4.69) is 193 Å². The molecular weight excluding hydrogens is 671 g/mol. The summed E-state index contributed by atoms with van der Waals surface area (Å²) in [6.07, 6.45) is 0. The zero-order valence-corrected chi connectivity index (χ0v) is 29.8. The highest BCUT2D eigenvalue weighted by Crippen LogP contribution is 2.43. The molecule has 0 radical (unpaired) electrons. The van der Waals surface area contributed by atoms with E-state index >= 15 is 0 Å². The molecule has 0 fully saturated rings. The lowest BCUT2D eigenvalue weighted by Gasteiger charge is -2.26. The van der Waals surface area contributed by atoms with Crippen molar-refractivity contribution in [3.05, 3.63) is 200 Å². The minimum atomic E-state index is 0.863. The van der Waals surface area contributed by atoms with Crippen molar-refractivity contribution in [1.29, 1.82) is 0 Å². The van der Waals surface area contributed by atoms with Crippen LogP contribution in [0.2, 0.25) is 0 Å². The molecule has 0 saturated carbocycles. The topological polar surface area (TPSA) is 29.5 Å². The van der Waals surface area contributed by atoms with Gasteiger partial charge in [-0.3, -0.25) is 0 Å². The molecule has 258 valence electrons. The number of nitrogens with zero attached hydrogens (tertiary/aromatic N) is 1. The third-order valence-electron chi connectivity index (χ3n) is 10.9. The fourth-order valence-corrected chi connectivity index (χ4v) is 8.23. The quantitative estimate of drug-likeness (QED) is 0.173. The lowest BCUT2D eigenvalue weighted by atomic mass is 9.94. The van der Waals surface area contributed by atoms with Crippen LogP contribution in [0.15, 0.2) is 209 Å². The monoisotopic (exact) mass is 703 g/mol. The molecule has 0 atom stereocenters. The molecule has 9 aromatic carbocycles. The maximum atomic E-state index is 6.65. The van der Waals surface area contributed by atoms with Crippen LogP contribution in [0.3, 0.4) is 0 Å². The van der Waals surface area contributed by atoms with Crippen molar-refractivity contribution in [1.82, 2.24) is 0 Å². The summed E-state index contributed by atoms with van der Waals surface area (Å²) in [7, 11) is 0. The van der Waals surface area contributed by atoms with E-state index in [1.54, 1.807) is 0 Å². The molecule has 11 rings (SSSR count). The number of anilines is 3. The predicted molar refractivity (Wildman–Crippen MR) is 229 cm³/mol. The van der Waals surface area contributed by atoms with Crippen LogP contribution in [-0.2, 0) is 0 Å². The van der Waals surface area contributed by atoms with Crippen molar-refractivity contribution in [3.8, 4) is 33.4 Å². The van der Waals surface area contributed by atoms with Crippen molar-refractivity contribution >= 4 is 71.7 Å². The lowest BCUT2D eigenvalue weighted by molar-refractivity contribution is 0.669. The molecular formula is C52H33NO2. The second kappa shape index (κ2) is 12.6. The highest BCUT2D eigenvalue weighted by atomic mass is 16.3. The Morgan fingerprint density at radius 1 is 0.273 bits per heavy atom. The zero-order chi connectivity index (χ0) is 36.3. The minimum absolute atomic E-state index is 0.863. The van der Waals surface area contributed by atoms with Crippen LogP contribution in [0.25, 0.3) is 88.0 Å². The van der Waals surface area contributed by atoms with Crippen molar-refractivity contribution in [2.45, 2.75) is 0 Å². The van der Waals surface area contributed by atoms with Crippen LogP contribution in [0.4, 0.5) is 17.1 Å². The van der Waals surface area contributed by atoms with Gasteiger partial charge < -0.3 is 13.7 Å². The highest BCUT2D eigenvalue weighted by Gasteiger charge is 2.18. The molecule has 0 spiro atoms. The summed E-state index contributed by atoms with van der Waals surface area (Å²) in [5, 5.41) is 6.93. The molecule has 55 heavy (non-hydrogen) atoms. The first-order valence-electron chi connectivity index (χ1n) is 18.7. The summed E-state index contributed by atoms with van der Waals surface area (Å²) in [5.74, 6) is 0. The number of rotatable bonds is 6. The van der Waals surface area contributed by atoms with Gasteiger partial charge in [0.1, 0.15) is 22.3 Å². The maximum Gasteiger partial charge on any atom is 0.137 e. The van der Waals surface area contributed by atoms with E-state index < -0.39 is 0 Å². The molecule has 0 bridgehead atoms. The van der Waals surface area contributed by atoms with Crippen molar-refractivity contribution in [2.75, 3.05) is 4.90 Å². The van der Waals surface area contributed by atoms with E-state index in [0.29, 0.717) is 0 Å². The molecule has 0 aliphatic heterocycles. The Kier molecular flexibility index (Phi) is 7.17. The fraction of sp³-hybridized carbons (Fsp3) is 0. The Labute approximate surface area is 317 Å². The first kappa shape index (κ1) is 31.2. The van der Waals surface area contributed by atoms with Crippen molar-refractivity contribution in [3.63, 3.8) is 0 Å². The second-order valence-electron chi connectivity index (χ2n) is 14.1. The maximum absolute atomic E-state index is 6.65. The second-order valence-corrected chi connectivity index (χ2v) is 14.1. The number of para-hydroxylation sites is 1. The van der Waals surface area contributed by atoms with Gasteiger partial charge >= 0.3 is 0 Å². The first-order chi connectivity index (χ1) is 27.2. The summed E-state index contributed by atoms with van der Waals surface area (Å²) < 4.78 is 13.0. The zero-order valence-electron chi connectivity index (χ0n) is 29.8. The summed E-state index contributed by atoms with van der Waals surface area (Å²) in [4.78, 5) is 2.31. The van der Waals surface area contributed by atoms with Crippen LogP contribution in [0, 0.1) is 0 Å². The molecule has 0 amide bonds. The van der Waals surface area contributed by atoms with Gasteiger partial charge in [0.25, 0.3) is 0 Å². The lowest BCUT2D eigenvalue weighted by Crippen LogP contribution is -2.10. The Bertz CT molecular complexity index is 3190. The van der Waals surface area contributed by atoms with Crippen LogP contribution in [0.5, 0.6) is 0 Å². The molecule has 2 heterocycles.